The summed E-state index contributed by atoms with van der Waals surface area (Å²) in [4.78, 5) is 30.0. The maximum absolute atomic E-state index is 14.0. The first-order valence-corrected chi connectivity index (χ1v) is 12.1. The van der Waals surface area contributed by atoms with Gasteiger partial charge in [-0.15, -0.1) is 0 Å². The van der Waals surface area contributed by atoms with Gasteiger partial charge in [-0.3, -0.25) is 9.59 Å². The lowest BCUT2D eigenvalue weighted by atomic mass is 9.71. The highest BCUT2D eigenvalue weighted by Crippen LogP contribution is 2.44. The van der Waals surface area contributed by atoms with Crippen molar-refractivity contribution in [1.29, 1.82) is 0 Å². The Bertz CT molecular complexity index is 947. The maximum Gasteiger partial charge on any atom is 0.232 e. The molecule has 2 amide bonds. The molecule has 0 saturated carbocycles. The predicted octanol–water partition coefficient (Wildman–Crippen LogP) is 1.24. The van der Waals surface area contributed by atoms with Crippen LogP contribution in [0.15, 0.2) is 24.3 Å². The largest absolute Gasteiger partial charge is 0.342 e. The Labute approximate surface area is 176 Å². The Hall–Kier alpha value is -2.00. The minimum Gasteiger partial charge on any atom is -0.342 e. The molecule has 0 spiro atoms. The summed E-state index contributed by atoms with van der Waals surface area (Å²) in [5, 5.41) is 0. The van der Waals surface area contributed by atoms with E-state index in [4.69, 9.17) is 0 Å². The van der Waals surface area contributed by atoms with Crippen LogP contribution in [0.1, 0.15) is 31.2 Å². The molecule has 164 valence electrons. The second-order valence-corrected chi connectivity index (χ2v) is 10.8. The van der Waals surface area contributed by atoms with Gasteiger partial charge in [-0.2, -0.15) is 0 Å². The number of halogens is 1. The minimum atomic E-state index is -3.41. The first kappa shape index (κ1) is 21.2. The minimum absolute atomic E-state index is 0.0462. The lowest BCUT2D eigenvalue weighted by Crippen LogP contribution is -2.68. The second-order valence-electron chi connectivity index (χ2n) is 8.63. The van der Waals surface area contributed by atoms with E-state index in [0.717, 1.165) is 12.8 Å². The molecule has 2 atom stereocenters. The number of amides is 2. The zero-order valence-corrected chi connectivity index (χ0v) is 18.0. The molecule has 0 aliphatic carbocycles. The highest BCUT2D eigenvalue weighted by molar-refractivity contribution is 7.89. The van der Waals surface area contributed by atoms with E-state index < -0.39 is 27.3 Å². The number of carbonyl (C=O) groups is 2. The Morgan fingerprint density at radius 2 is 1.83 bits per heavy atom. The molecule has 3 heterocycles. The van der Waals surface area contributed by atoms with Gasteiger partial charge < -0.3 is 9.80 Å². The van der Waals surface area contributed by atoms with Gasteiger partial charge >= 0.3 is 0 Å². The summed E-state index contributed by atoms with van der Waals surface area (Å²) < 4.78 is 40.4. The van der Waals surface area contributed by atoms with Crippen molar-refractivity contribution in [3.8, 4) is 0 Å². The van der Waals surface area contributed by atoms with Gasteiger partial charge in [-0.05, 0) is 37.3 Å². The van der Waals surface area contributed by atoms with E-state index in [1.54, 1.807) is 30.1 Å². The van der Waals surface area contributed by atoms with Gasteiger partial charge in [0.05, 0.1) is 17.6 Å². The molecule has 0 N–H and O–H groups in total. The number of carbonyl (C=O) groups excluding carboxylic acids is 2. The van der Waals surface area contributed by atoms with Crippen LogP contribution in [0.25, 0.3) is 0 Å². The van der Waals surface area contributed by atoms with E-state index in [1.165, 1.54) is 10.4 Å². The van der Waals surface area contributed by atoms with Crippen LogP contribution >= 0.6 is 0 Å². The molecule has 0 unspecified atom stereocenters. The van der Waals surface area contributed by atoms with Crippen LogP contribution in [0.2, 0.25) is 0 Å². The lowest BCUT2D eigenvalue weighted by Gasteiger charge is -2.53. The standard InChI is InChI=1S/C21H28FN3O4S/c1-23-18-8-12-25(19(26)14-16-6-2-3-7-17(16)22)15-21(18,9-13-30(23,28)29)20(27)24-10-4-5-11-24/h2-3,6-7,18H,4-5,8-15H2,1H3/t18-,21+/m1/s1. The average molecular weight is 438 g/mol. The first-order valence-electron chi connectivity index (χ1n) is 10.5. The Kier molecular flexibility index (Phi) is 5.61. The number of sulfonamides is 1. The van der Waals surface area contributed by atoms with Crippen LogP contribution < -0.4 is 0 Å². The smallest absolute Gasteiger partial charge is 0.232 e. The molecule has 4 rings (SSSR count). The van der Waals surface area contributed by atoms with Crippen LogP contribution in [0.4, 0.5) is 4.39 Å². The third-order valence-corrected chi connectivity index (χ3v) is 8.79. The zero-order chi connectivity index (χ0) is 21.5. The van der Waals surface area contributed by atoms with Gasteiger partial charge in [0.1, 0.15) is 5.82 Å². The average Bonchev–Trinajstić information content (AvgIpc) is 3.26. The van der Waals surface area contributed by atoms with Gasteiger partial charge in [-0.1, -0.05) is 18.2 Å². The zero-order valence-electron chi connectivity index (χ0n) is 17.2. The molecule has 3 fully saturated rings. The van der Waals surface area contributed by atoms with Crippen molar-refractivity contribution in [2.75, 3.05) is 39.0 Å². The van der Waals surface area contributed by atoms with Crippen molar-refractivity contribution < 1.29 is 22.4 Å². The van der Waals surface area contributed by atoms with Crippen molar-refractivity contribution >= 4 is 21.8 Å². The molecule has 7 nitrogen and oxygen atoms in total. The highest BCUT2D eigenvalue weighted by atomic mass is 32.2. The number of rotatable bonds is 3. The molecule has 1 aromatic rings. The van der Waals surface area contributed by atoms with Crippen LogP contribution in [0, 0.1) is 11.2 Å². The molecule has 9 heteroatoms. The number of nitrogens with zero attached hydrogens (tertiary/aromatic N) is 3. The molecular weight excluding hydrogens is 409 g/mol. The van der Waals surface area contributed by atoms with Crippen LogP contribution in [-0.2, 0) is 26.0 Å². The summed E-state index contributed by atoms with van der Waals surface area (Å²) in [7, 11) is -1.87. The van der Waals surface area contributed by atoms with E-state index in [-0.39, 0.29) is 37.0 Å². The third-order valence-electron chi connectivity index (χ3n) is 6.94. The Balaban J connectivity index is 1.61. The quantitative estimate of drug-likeness (QED) is 0.713. The van der Waals surface area contributed by atoms with E-state index in [2.05, 4.69) is 0 Å². The lowest BCUT2D eigenvalue weighted by molar-refractivity contribution is -0.153. The number of hydrogen-bond donors (Lipinski definition) is 0. The van der Waals surface area contributed by atoms with Crippen LogP contribution in [0.5, 0.6) is 0 Å². The molecule has 0 aromatic heterocycles. The summed E-state index contributed by atoms with van der Waals surface area (Å²) in [6.07, 6.45) is 2.42. The fourth-order valence-electron chi connectivity index (χ4n) is 5.19. The van der Waals surface area contributed by atoms with Crippen molar-refractivity contribution in [2.24, 2.45) is 5.41 Å². The summed E-state index contributed by atoms with van der Waals surface area (Å²) in [6, 6.07) is 5.73. The highest BCUT2D eigenvalue weighted by Gasteiger charge is 2.57. The molecule has 0 bridgehead atoms. The first-order chi connectivity index (χ1) is 14.2. The van der Waals surface area contributed by atoms with Crippen molar-refractivity contribution in [1.82, 2.24) is 14.1 Å². The van der Waals surface area contributed by atoms with E-state index in [9.17, 15) is 22.4 Å². The molecule has 1 aromatic carbocycles. The van der Waals surface area contributed by atoms with Crippen molar-refractivity contribution in [2.45, 2.75) is 38.1 Å². The number of hydrogen-bond acceptors (Lipinski definition) is 4. The van der Waals surface area contributed by atoms with Crippen LogP contribution in [0.3, 0.4) is 0 Å². The molecular formula is C21H28FN3O4S. The maximum atomic E-state index is 14.0. The summed E-state index contributed by atoms with van der Waals surface area (Å²) in [5.74, 6) is -0.806. The summed E-state index contributed by atoms with van der Waals surface area (Å²) in [5.41, 5.74) is -0.610. The second kappa shape index (κ2) is 7.92. The van der Waals surface area contributed by atoms with Crippen molar-refractivity contribution in [3.63, 3.8) is 0 Å². The van der Waals surface area contributed by atoms with Gasteiger partial charge in [0.2, 0.25) is 21.8 Å². The van der Waals surface area contributed by atoms with Crippen LogP contribution in [-0.4, -0.2) is 79.4 Å². The number of piperidine rings is 1. The van der Waals surface area contributed by atoms with Gasteiger partial charge in [0.25, 0.3) is 0 Å². The Morgan fingerprint density at radius 3 is 2.53 bits per heavy atom. The normalized spacial score (nSPS) is 28.9. The summed E-state index contributed by atoms with van der Waals surface area (Å²) in [6.45, 7) is 1.88. The van der Waals surface area contributed by atoms with Gasteiger partial charge in [0.15, 0.2) is 0 Å². The molecule has 30 heavy (non-hydrogen) atoms. The van der Waals surface area contributed by atoms with Gasteiger partial charge in [0, 0.05) is 39.3 Å². The predicted molar refractivity (Wildman–Crippen MR) is 110 cm³/mol. The number of benzene rings is 1. The SMILES string of the molecule is CN1[C@@H]2CCN(C(=O)Cc3ccccc3F)C[C@@]2(C(=O)N2CCCC2)CCS1(=O)=O. The molecule has 3 aliphatic rings. The Morgan fingerprint density at radius 1 is 1.13 bits per heavy atom. The van der Waals surface area contributed by atoms with Crippen molar-refractivity contribution in [3.05, 3.63) is 35.6 Å². The fraction of sp³-hybridized carbons (Fsp3) is 0.619. The summed E-state index contributed by atoms with van der Waals surface area (Å²) >= 11 is 0. The van der Waals surface area contributed by atoms with E-state index >= 15 is 0 Å². The number of likely N-dealkylation sites (tertiary alicyclic amines) is 2. The fourth-order valence-corrected chi connectivity index (χ4v) is 6.79. The molecule has 0 radical (unpaired) electrons. The van der Waals surface area contributed by atoms with Gasteiger partial charge in [-0.25, -0.2) is 17.1 Å². The number of fused-ring (bicyclic) bond motifs is 1. The molecule has 3 saturated heterocycles. The monoisotopic (exact) mass is 437 g/mol. The van der Waals surface area contributed by atoms with E-state index in [1.807, 2.05) is 4.90 Å². The topological polar surface area (TPSA) is 78.0 Å². The molecule has 3 aliphatic heterocycles. The van der Waals surface area contributed by atoms with E-state index in [0.29, 0.717) is 31.6 Å². The third kappa shape index (κ3) is 3.62.